The van der Waals surface area contributed by atoms with E-state index in [9.17, 15) is 23.5 Å². The summed E-state index contributed by atoms with van der Waals surface area (Å²) in [5, 5.41) is 9.67. The van der Waals surface area contributed by atoms with Crippen molar-refractivity contribution in [3.8, 4) is 5.75 Å². The molecule has 33 heavy (non-hydrogen) atoms. The average Bonchev–Trinajstić information content (AvgIpc) is 2.79. The number of carbonyl (C=O) groups is 2. The summed E-state index contributed by atoms with van der Waals surface area (Å²) in [5.41, 5.74) is 2.05. The molecule has 1 aliphatic rings. The third kappa shape index (κ3) is 4.87. The molecule has 5 nitrogen and oxygen atoms in total. The highest BCUT2D eigenvalue weighted by Crippen LogP contribution is 2.46. The number of rotatable bonds is 7. The van der Waals surface area contributed by atoms with Crippen LogP contribution < -0.4 is 4.90 Å². The average molecular weight is 451 g/mol. The number of β-lactam (4-membered cyclic amide) rings is 1. The second kappa shape index (κ2) is 9.40. The summed E-state index contributed by atoms with van der Waals surface area (Å²) < 4.78 is 32.2. The topological polar surface area (TPSA) is 66.8 Å². The van der Waals surface area contributed by atoms with Crippen molar-refractivity contribution in [1.82, 2.24) is 0 Å². The van der Waals surface area contributed by atoms with Gasteiger partial charge in [0.05, 0.1) is 12.0 Å². The van der Waals surface area contributed by atoms with E-state index >= 15 is 0 Å². The van der Waals surface area contributed by atoms with E-state index in [-0.39, 0.29) is 17.7 Å². The summed E-state index contributed by atoms with van der Waals surface area (Å²) in [6.07, 6.45) is 0.168. The fourth-order valence-electron chi connectivity index (χ4n) is 4.27. The van der Waals surface area contributed by atoms with Gasteiger partial charge in [-0.1, -0.05) is 24.3 Å². The van der Waals surface area contributed by atoms with Crippen LogP contribution in [-0.4, -0.2) is 17.0 Å². The number of carbonyl (C=O) groups excluding carboxylic acids is 2. The molecule has 0 bridgehead atoms. The van der Waals surface area contributed by atoms with E-state index in [1.807, 2.05) is 0 Å². The summed E-state index contributed by atoms with van der Waals surface area (Å²) >= 11 is 0. The normalized spacial score (nSPS) is 18.5. The van der Waals surface area contributed by atoms with Crippen molar-refractivity contribution in [2.24, 2.45) is 5.92 Å². The first-order valence-corrected chi connectivity index (χ1v) is 10.6. The van der Waals surface area contributed by atoms with Crippen LogP contribution in [0.5, 0.6) is 5.75 Å². The molecule has 3 aromatic carbocycles. The van der Waals surface area contributed by atoms with Crippen molar-refractivity contribution >= 4 is 17.6 Å². The van der Waals surface area contributed by atoms with Gasteiger partial charge in [-0.3, -0.25) is 9.59 Å². The van der Waals surface area contributed by atoms with Gasteiger partial charge in [-0.05, 0) is 72.5 Å². The van der Waals surface area contributed by atoms with E-state index in [2.05, 4.69) is 0 Å². The van der Waals surface area contributed by atoms with Crippen molar-refractivity contribution in [1.29, 1.82) is 0 Å². The number of phenolic OH excluding ortho intramolecular Hbond substituents is 1. The quantitative estimate of drug-likeness (QED) is 0.383. The Labute approximate surface area is 190 Å². The second-order valence-corrected chi connectivity index (χ2v) is 8.05. The number of hydrogen-bond acceptors (Lipinski definition) is 4. The van der Waals surface area contributed by atoms with Gasteiger partial charge < -0.3 is 14.7 Å². The number of esters is 1. The van der Waals surface area contributed by atoms with Crippen molar-refractivity contribution in [2.45, 2.75) is 31.9 Å². The molecule has 3 aromatic rings. The first kappa shape index (κ1) is 22.5. The zero-order valence-corrected chi connectivity index (χ0v) is 17.9. The number of benzene rings is 3. The predicted octanol–water partition coefficient (Wildman–Crippen LogP) is 5.46. The molecular weight excluding hydrogens is 428 g/mol. The summed E-state index contributed by atoms with van der Waals surface area (Å²) in [7, 11) is 0. The molecule has 1 fully saturated rings. The molecule has 1 heterocycles. The van der Waals surface area contributed by atoms with Crippen LogP contribution in [0.25, 0.3) is 0 Å². The van der Waals surface area contributed by atoms with Gasteiger partial charge in [0.1, 0.15) is 23.5 Å². The van der Waals surface area contributed by atoms with Crippen LogP contribution in [0.4, 0.5) is 14.5 Å². The Hall–Kier alpha value is -3.74. The number of hydrogen-bond donors (Lipinski definition) is 1. The minimum atomic E-state index is -0.615. The van der Waals surface area contributed by atoms with Gasteiger partial charge in [0.2, 0.25) is 5.91 Å². The van der Waals surface area contributed by atoms with Crippen LogP contribution in [0.2, 0.25) is 0 Å². The van der Waals surface area contributed by atoms with E-state index in [4.69, 9.17) is 4.74 Å². The van der Waals surface area contributed by atoms with Gasteiger partial charge in [0.15, 0.2) is 0 Å². The molecule has 170 valence electrons. The van der Waals surface area contributed by atoms with Crippen molar-refractivity contribution in [3.63, 3.8) is 0 Å². The molecule has 1 saturated heterocycles. The molecule has 0 spiro atoms. The van der Waals surface area contributed by atoms with E-state index < -0.39 is 29.6 Å². The molecule has 0 aromatic heterocycles. The SMILES string of the molecule is CC(=O)OC(CC[C@H]1C(=O)N(c2ccc(F)cc2)[C@@H]1c1ccc(O)cc1)c1ccc(F)cc1. The van der Waals surface area contributed by atoms with E-state index in [1.54, 1.807) is 53.4 Å². The zero-order chi connectivity index (χ0) is 23.5. The molecule has 3 atom stereocenters. The first-order valence-electron chi connectivity index (χ1n) is 10.6. The molecular formula is C26H23F2NO4. The summed E-state index contributed by atoms with van der Waals surface area (Å²) in [6, 6.07) is 17.7. The zero-order valence-electron chi connectivity index (χ0n) is 17.9. The van der Waals surface area contributed by atoms with E-state index in [0.29, 0.717) is 24.1 Å². The van der Waals surface area contributed by atoms with Crippen LogP contribution in [0, 0.1) is 17.6 Å². The molecule has 0 radical (unpaired) electrons. The smallest absolute Gasteiger partial charge is 0.303 e. The highest BCUT2D eigenvalue weighted by atomic mass is 19.1. The van der Waals surface area contributed by atoms with Crippen LogP contribution in [0.3, 0.4) is 0 Å². The Morgan fingerprint density at radius 1 is 0.970 bits per heavy atom. The molecule has 0 saturated carbocycles. The summed E-state index contributed by atoms with van der Waals surface area (Å²) in [4.78, 5) is 26.4. The minimum absolute atomic E-state index is 0.112. The monoisotopic (exact) mass is 451 g/mol. The third-order valence-electron chi connectivity index (χ3n) is 5.84. The van der Waals surface area contributed by atoms with Gasteiger partial charge in [0, 0.05) is 12.6 Å². The molecule has 0 aliphatic carbocycles. The van der Waals surface area contributed by atoms with Crippen molar-refractivity contribution in [2.75, 3.05) is 4.90 Å². The van der Waals surface area contributed by atoms with Crippen LogP contribution >= 0.6 is 0 Å². The Morgan fingerprint density at radius 2 is 1.55 bits per heavy atom. The number of phenols is 1. The molecule has 7 heteroatoms. The lowest BCUT2D eigenvalue weighted by Gasteiger charge is -2.48. The fraction of sp³-hybridized carbons (Fsp3) is 0.231. The Balaban J connectivity index is 1.58. The highest BCUT2D eigenvalue weighted by Gasteiger charge is 2.48. The lowest BCUT2D eigenvalue weighted by Crippen LogP contribution is -2.55. The number of aromatic hydroxyl groups is 1. The highest BCUT2D eigenvalue weighted by molar-refractivity contribution is 6.03. The van der Waals surface area contributed by atoms with Crippen LogP contribution in [0.1, 0.15) is 43.0 Å². The molecule has 1 unspecified atom stereocenters. The van der Waals surface area contributed by atoms with Gasteiger partial charge in [-0.2, -0.15) is 0 Å². The van der Waals surface area contributed by atoms with Crippen molar-refractivity contribution in [3.05, 3.63) is 95.6 Å². The molecule has 4 rings (SSSR count). The maximum Gasteiger partial charge on any atom is 0.303 e. The van der Waals surface area contributed by atoms with Gasteiger partial charge in [-0.15, -0.1) is 0 Å². The number of amides is 1. The van der Waals surface area contributed by atoms with Gasteiger partial charge >= 0.3 is 5.97 Å². The Bertz CT molecular complexity index is 1130. The van der Waals surface area contributed by atoms with Gasteiger partial charge in [0.25, 0.3) is 0 Å². The molecule has 1 amide bonds. The minimum Gasteiger partial charge on any atom is -0.508 e. The fourth-order valence-corrected chi connectivity index (χ4v) is 4.27. The maximum absolute atomic E-state index is 13.4. The molecule has 1 aliphatic heterocycles. The first-order chi connectivity index (χ1) is 15.8. The number of nitrogens with zero attached hydrogens (tertiary/aromatic N) is 1. The Morgan fingerprint density at radius 3 is 2.12 bits per heavy atom. The number of ether oxygens (including phenoxy) is 1. The van der Waals surface area contributed by atoms with Crippen LogP contribution in [0.15, 0.2) is 72.8 Å². The van der Waals surface area contributed by atoms with Gasteiger partial charge in [-0.25, -0.2) is 8.78 Å². The number of anilines is 1. The van der Waals surface area contributed by atoms with E-state index in [1.165, 1.54) is 31.2 Å². The summed E-state index contributed by atoms with van der Waals surface area (Å²) in [6.45, 7) is 1.31. The second-order valence-electron chi connectivity index (χ2n) is 8.05. The largest absolute Gasteiger partial charge is 0.508 e. The maximum atomic E-state index is 13.4. The predicted molar refractivity (Wildman–Crippen MR) is 118 cm³/mol. The van der Waals surface area contributed by atoms with E-state index in [0.717, 1.165) is 5.56 Å². The lowest BCUT2D eigenvalue weighted by molar-refractivity contribution is -0.147. The number of halogens is 2. The van der Waals surface area contributed by atoms with Crippen LogP contribution in [-0.2, 0) is 14.3 Å². The lowest BCUT2D eigenvalue weighted by atomic mass is 9.78. The van der Waals surface area contributed by atoms with Crippen molar-refractivity contribution < 1.29 is 28.2 Å². The third-order valence-corrected chi connectivity index (χ3v) is 5.84. The molecule has 1 N–H and O–H groups in total. The Kier molecular flexibility index (Phi) is 6.40. The summed E-state index contributed by atoms with van der Waals surface area (Å²) in [5.74, 6) is -1.67. The standard InChI is InChI=1S/C26H23F2NO4/c1-16(30)33-24(17-2-6-19(27)7-3-17)15-14-23-25(18-4-12-22(31)13-5-18)29(26(23)32)21-10-8-20(28)9-11-21/h2-13,23-25,31H,14-15H2,1H3/t23-,24?,25-/m1/s1.